The summed E-state index contributed by atoms with van der Waals surface area (Å²) in [6, 6.07) is 8.93. The quantitative estimate of drug-likeness (QED) is 0.577. The molecule has 0 unspecified atom stereocenters. The van der Waals surface area contributed by atoms with Gasteiger partial charge in [0.15, 0.2) is 28.7 Å². The van der Waals surface area contributed by atoms with Crippen LogP contribution in [-0.2, 0) is 4.79 Å². The third-order valence-corrected chi connectivity index (χ3v) is 4.61. The van der Waals surface area contributed by atoms with Crippen molar-refractivity contribution in [3.05, 3.63) is 36.7 Å². The van der Waals surface area contributed by atoms with E-state index in [0.717, 1.165) is 5.69 Å². The highest BCUT2D eigenvalue weighted by molar-refractivity contribution is 5.99. The second-order valence-electron chi connectivity index (χ2n) is 7.35. The van der Waals surface area contributed by atoms with Crippen LogP contribution in [0, 0.1) is 0 Å². The number of fused-ring (bicyclic) bond motifs is 2. The average Bonchev–Trinajstić information content (AvgIpc) is 2.75. The number of rotatable bonds is 4. The Morgan fingerprint density at radius 1 is 0.935 bits per heavy atom. The Labute approximate surface area is 177 Å². The molecule has 0 spiro atoms. The third kappa shape index (κ3) is 3.84. The van der Waals surface area contributed by atoms with Gasteiger partial charge in [0.25, 0.3) is 5.91 Å². The van der Waals surface area contributed by atoms with Gasteiger partial charge in [-0.1, -0.05) is 0 Å². The van der Waals surface area contributed by atoms with Gasteiger partial charge >= 0.3 is 0 Å². The normalized spacial score (nSPS) is 15.9. The molecule has 1 amide bonds. The number of pyridine rings is 1. The SMILES string of the molecule is CC1(C)Oc2ccc(Nc3ncnc(Nc4ccc5c(c4)OCCO5)n3)nc2NC1=O. The largest absolute Gasteiger partial charge is 0.486 e. The van der Waals surface area contributed by atoms with Crippen molar-refractivity contribution in [1.29, 1.82) is 0 Å². The molecular formula is C20H19N7O4. The van der Waals surface area contributed by atoms with E-state index in [1.54, 1.807) is 26.0 Å². The van der Waals surface area contributed by atoms with Gasteiger partial charge in [-0.15, -0.1) is 0 Å². The molecule has 2 aliphatic heterocycles. The summed E-state index contributed by atoms with van der Waals surface area (Å²) in [6.45, 7) is 4.43. The summed E-state index contributed by atoms with van der Waals surface area (Å²) in [5, 5.41) is 8.85. The zero-order valence-corrected chi connectivity index (χ0v) is 16.8. The van der Waals surface area contributed by atoms with Crippen LogP contribution in [0.3, 0.4) is 0 Å². The second kappa shape index (κ2) is 7.27. The Bertz CT molecular complexity index is 1170. The van der Waals surface area contributed by atoms with Crippen molar-refractivity contribution in [1.82, 2.24) is 19.9 Å². The van der Waals surface area contributed by atoms with Gasteiger partial charge in [-0.25, -0.2) is 15.0 Å². The number of anilines is 5. The maximum absolute atomic E-state index is 12.1. The van der Waals surface area contributed by atoms with E-state index in [4.69, 9.17) is 14.2 Å². The van der Waals surface area contributed by atoms with Crippen molar-refractivity contribution in [2.24, 2.45) is 0 Å². The van der Waals surface area contributed by atoms with Crippen molar-refractivity contribution in [3.63, 3.8) is 0 Å². The Hall–Kier alpha value is -4.15. The smallest absolute Gasteiger partial charge is 0.269 e. The zero-order valence-electron chi connectivity index (χ0n) is 16.8. The number of nitrogens with zero attached hydrogens (tertiary/aromatic N) is 4. The van der Waals surface area contributed by atoms with E-state index in [0.29, 0.717) is 48.0 Å². The number of carbonyl (C=O) groups excluding carboxylic acids is 1. The molecule has 2 aliphatic rings. The van der Waals surface area contributed by atoms with Crippen LogP contribution < -0.4 is 30.2 Å². The fourth-order valence-electron chi connectivity index (χ4n) is 3.05. The van der Waals surface area contributed by atoms with E-state index in [2.05, 4.69) is 35.9 Å². The molecule has 0 bridgehead atoms. The van der Waals surface area contributed by atoms with Crippen LogP contribution in [0.1, 0.15) is 13.8 Å². The number of benzene rings is 1. The van der Waals surface area contributed by atoms with Crippen LogP contribution in [0.15, 0.2) is 36.7 Å². The van der Waals surface area contributed by atoms with Crippen LogP contribution in [0.2, 0.25) is 0 Å². The maximum atomic E-state index is 12.1. The van der Waals surface area contributed by atoms with E-state index in [-0.39, 0.29) is 11.9 Å². The maximum Gasteiger partial charge on any atom is 0.269 e. The summed E-state index contributed by atoms with van der Waals surface area (Å²) >= 11 is 0. The Balaban J connectivity index is 1.32. The number of hydrogen-bond donors (Lipinski definition) is 3. The van der Waals surface area contributed by atoms with Gasteiger partial charge in [0.05, 0.1) is 0 Å². The fraction of sp³-hybridized carbons (Fsp3) is 0.250. The number of carbonyl (C=O) groups is 1. The lowest BCUT2D eigenvalue weighted by atomic mass is 10.1. The van der Waals surface area contributed by atoms with E-state index in [1.807, 2.05) is 18.2 Å². The van der Waals surface area contributed by atoms with Gasteiger partial charge in [0, 0.05) is 11.8 Å². The summed E-state index contributed by atoms with van der Waals surface area (Å²) in [5.74, 6) is 2.98. The Morgan fingerprint density at radius 2 is 1.68 bits per heavy atom. The van der Waals surface area contributed by atoms with Crippen LogP contribution in [0.5, 0.6) is 17.2 Å². The summed E-state index contributed by atoms with van der Waals surface area (Å²) in [4.78, 5) is 29.1. The van der Waals surface area contributed by atoms with Crippen molar-refractivity contribution < 1.29 is 19.0 Å². The van der Waals surface area contributed by atoms with Crippen molar-refractivity contribution in [2.75, 3.05) is 29.2 Å². The lowest BCUT2D eigenvalue weighted by molar-refractivity contribution is -0.129. The molecular weight excluding hydrogens is 402 g/mol. The summed E-state index contributed by atoms with van der Waals surface area (Å²) in [6.07, 6.45) is 1.38. The topological polar surface area (TPSA) is 132 Å². The number of hydrogen-bond acceptors (Lipinski definition) is 10. The minimum atomic E-state index is -0.952. The molecule has 158 valence electrons. The predicted octanol–water partition coefficient (Wildman–Crippen LogP) is 2.63. The minimum absolute atomic E-state index is 0.268. The zero-order chi connectivity index (χ0) is 21.4. The molecule has 1 aromatic carbocycles. The average molecular weight is 421 g/mol. The van der Waals surface area contributed by atoms with Gasteiger partial charge in [-0.3, -0.25) is 4.79 Å². The molecule has 0 saturated heterocycles. The van der Waals surface area contributed by atoms with E-state index >= 15 is 0 Å². The first-order chi connectivity index (χ1) is 15.0. The van der Waals surface area contributed by atoms with E-state index < -0.39 is 5.60 Å². The highest BCUT2D eigenvalue weighted by Crippen LogP contribution is 2.34. The van der Waals surface area contributed by atoms with Crippen LogP contribution in [-0.4, -0.2) is 44.7 Å². The number of nitrogens with one attached hydrogen (secondary N) is 3. The van der Waals surface area contributed by atoms with E-state index in [9.17, 15) is 4.79 Å². The first-order valence-electron chi connectivity index (χ1n) is 9.60. The monoisotopic (exact) mass is 421 g/mol. The van der Waals surface area contributed by atoms with Gasteiger partial charge in [-0.05, 0) is 38.1 Å². The molecule has 0 fully saturated rings. The van der Waals surface area contributed by atoms with Crippen molar-refractivity contribution in [3.8, 4) is 17.2 Å². The molecule has 0 radical (unpaired) electrons. The van der Waals surface area contributed by atoms with E-state index in [1.165, 1.54) is 6.33 Å². The Morgan fingerprint density at radius 3 is 2.52 bits per heavy atom. The van der Waals surface area contributed by atoms with Crippen molar-refractivity contribution in [2.45, 2.75) is 19.4 Å². The fourth-order valence-corrected chi connectivity index (χ4v) is 3.05. The number of amides is 1. The Kier molecular flexibility index (Phi) is 4.42. The molecule has 5 rings (SSSR count). The van der Waals surface area contributed by atoms with Crippen LogP contribution in [0.25, 0.3) is 0 Å². The molecule has 0 aliphatic carbocycles. The molecule has 31 heavy (non-hydrogen) atoms. The predicted molar refractivity (Wildman–Crippen MR) is 111 cm³/mol. The third-order valence-electron chi connectivity index (χ3n) is 4.61. The molecule has 0 saturated carbocycles. The molecule has 2 aromatic heterocycles. The summed E-state index contributed by atoms with van der Waals surface area (Å²) in [7, 11) is 0. The summed E-state index contributed by atoms with van der Waals surface area (Å²) < 4.78 is 16.8. The van der Waals surface area contributed by atoms with Gasteiger partial charge in [-0.2, -0.15) is 4.98 Å². The molecule has 3 N–H and O–H groups in total. The molecule has 0 atom stereocenters. The van der Waals surface area contributed by atoms with Crippen LogP contribution in [0.4, 0.5) is 29.2 Å². The highest BCUT2D eigenvalue weighted by Gasteiger charge is 2.36. The summed E-state index contributed by atoms with van der Waals surface area (Å²) in [5.41, 5.74) is -0.206. The first-order valence-corrected chi connectivity index (χ1v) is 9.60. The number of ether oxygens (including phenoxy) is 3. The molecule has 4 heterocycles. The second-order valence-corrected chi connectivity index (χ2v) is 7.35. The highest BCUT2D eigenvalue weighted by atomic mass is 16.6. The number of aromatic nitrogens is 4. The van der Waals surface area contributed by atoms with Gasteiger partial charge in [0.1, 0.15) is 25.4 Å². The molecule has 3 aromatic rings. The lowest BCUT2D eigenvalue weighted by Gasteiger charge is -2.30. The first kappa shape index (κ1) is 18.9. The van der Waals surface area contributed by atoms with Gasteiger partial charge in [0.2, 0.25) is 11.9 Å². The lowest BCUT2D eigenvalue weighted by Crippen LogP contribution is -2.46. The standard InChI is InChI=1S/C20H19N7O4/c1-20(2)17(28)26-16-13(31-20)5-6-15(24-16)25-19-22-10-21-18(27-19)23-11-3-4-12-14(9-11)30-8-7-29-12/h3-6,9-10H,7-8H2,1-2H3,(H3,21,22,23,24,25,26,27,28). The van der Waals surface area contributed by atoms with Crippen molar-refractivity contribution >= 4 is 35.1 Å². The minimum Gasteiger partial charge on any atom is -0.486 e. The molecule has 11 heteroatoms. The molecule has 11 nitrogen and oxygen atoms in total. The van der Waals surface area contributed by atoms with Crippen LogP contribution >= 0.6 is 0 Å². The van der Waals surface area contributed by atoms with Gasteiger partial charge < -0.3 is 30.2 Å².